The third-order valence-corrected chi connectivity index (χ3v) is 3.39. The van der Waals surface area contributed by atoms with Gasteiger partial charge >= 0.3 is 18.0 Å². The molecule has 1 amide bonds. The summed E-state index contributed by atoms with van der Waals surface area (Å²) < 4.78 is 80.8. The number of carbonyl (C=O) groups excluding carboxylic acids is 1. The highest BCUT2D eigenvalue weighted by Crippen LogP contribution is 2.43. The number of nitrogens with one attached hydrogen (secondary N) is 2. The van der Waals surface area contributed by atoms with Crippen LogP contribution in [0.1, 0.15) is 10.4 Å². The van der Waals surface area contributed by atoms with Gasteiger partial charge in [0.1, 0.15) is 5.75 Å². The van der Waals surface area contributed by atoms with E-state index in [0.717, 1.165) is 41.7 Å². The predicted molar refractivity (Wildman–Crippen MR) is 80.5 cm³/mol. The van der Waals surface area contributed by atoms with Crippen LogP contribution in [0.25, 0.3) is 0 Å². The lowest BCUT2D eigenvalue weighted by molar-refractivity contribution is -0.294. The molecule has 0 spiro atoms. The molecule has 0 fully saturated rings. The summed E-state index contributed by atoms with van der Waals surface area (Å²) in [5.41, 5.74) is -5.71. The molecule has 0 bridgehead atoms. The number of carbonyl (C=O) groups is 1. The number of aromatic hydroxyl groups is 1. The Morgan fingerprint density at radius 3 is 1.77 bits per heavy atom. The molecule has 0 atom stereocenters. The van der Waals surface area contributed by atoms with E-state index in [4.69, 9.17) is 5.11 Å². The lowest BCUT2D eigenvalue weighted by atomic mass is 10.1. The summed E-state index contributed by atoms with van der Waals surface area (Å²) >= 11 is 0. The number of benzene rings is 2. The van der Waals surface area contributed by atoms with E-state index in [0.29, 0.717) is 0 Å². The number of hydrogen-bond donors (Lipinski definition) is 3. The number of phenolic OH excluding ortho intramolecular Hbond substituents is 1. The number of alkyl halides is 6. The molecule has 4 nitrogen and oxygen atoms in total. The fourth-order valence-electron chi connectivity index (χ4n) is 2.07. The highest BCUT2D eigenvalue weighted by molar-refractivity contribution is 5.95. The van der Waals surface area contributed by atoms with E-state index in [1.54, 1.807) is 0 Å². The average Bonchev–Trinajstić information content (AvgIpc) is 2.54. The fraction of sp³-hybridized carbons (Fsp3) is 0.188. The van der Waals surface area contributed by atoms with Gasteiger partial charge in [-0.2, -0.15) is 26.3 Å². The Morgan fingerprint density at radius 2 is 1.31 bits per heavy atom. The van der Waals surface area contributed by atoms with Crippen LogP contribution in [0.3, 0.4) is 0 Å². The van der Waals surface area contributed by atoms with Crippen molar-refractivity contribution in [2.45, 2.75) is 18.0 Å². The minimum atomic E-state index is -5.92. The van der Waals surface area contributed by atoms with Crippen molar-refractivity contribution in [3.05, 3.63) is 60.2 Å². The molecule has 0 saturated heterocycles. The van der Waals surface area contributed by atoms with Gasteiger partial charge in [-0.05, 0) is 36.4 Å². The van der Waals surface area contributed by atoms with Crippen molar-refractivity contribution in [3.63, 3.8) is 0 Å². The number of anilines is 1. The van der Waals surface area contributed by atoms with Gasteiger partial charge in [-0.15, -0.1) is 0 Å². The van der Waals surface area contributed by atoms with Crippen molar-refractivity contribution in [3.8, 4) is 5.75 Å². The van der Waals surface area contributed by atoms with Crippen molar-refractivity contribution >= 4 is 11.6 Å². The molecule has 0 unspecified atom stereocenters. The molecule has 2 aromatic carbocycles. The van der Waals surface area contributed by atoms with Crippen LogP contribution in [-0.2, 0) is 0 Å². The summed E-state index contributed by atoms with van der Waals surface area (Å²) in [4.78, 5) is 12.0. The zero-order valence-corrected chi connectivity index (χ0v) is 12.8. The summed E-state index contributed by atoms with van der Waals surface area (Å²) in [6.07, 6.45) is -11.8. The van der Waals surface area contributed by atoms with E-state index in [2.05, 4.69) is 0 Å². The number of rotatable bonds is 4. The standard InChI is InChI=1S/C16H12F6N2O2/c17-15(18,19)14(16(20,21)22,23-11-6-8-12(25)9-7-11)24-13(26)10-4-2-1-3-5-10/h1-9,23,25H,(H,24,26). The highest BCUT2D eigenvalue weighted by atomic mass is 19.4. The average molecular weight is 378 g/mol. The van der Waals surface area contributed by atoms with Gasteiger partial charge in [0.2, 0.25) is 0 Å². The second-order valence-corrected chi connectivity index (χ2v) is 5.24. The van der Waals surface area contributed by atoms with Gasteiger partial charge in [0, 0.05) is 11.3 Å². The minimum absolute atomic E-state index is 0.353. The Balaban J connectivity index is 2.49. The molecule has 0 heterocycles. The molecule has 0 aliphatic rings. The molecule has 0 aliphatic heterocycles. The van der Waals surface area contributed by atoms with Crippen LogP contribution in [-0.4, -0.2) is 29.0 Å². The number of phenols is 1. The molecule has 0 saturated carbocycles. The van der Waals surface area contributed by atoms with Crippen molar-refractivity contribution in [1.82, 2.24) is 5.32 Å². The Kier molecular flexibility index (Phi) is 5.06. The third-order valence-electron chi connectivity index (χ3n) is 3.39. The van der Waals surface area contributed by atoms with Gasteiger partial charge in [0.25, 0.3) is 5.91 Å². The second kappa shape index (κ2) is 6.77. The van der Waals surface area contributed by atoms with E-state index in [9.17, 15) is 31.1 Å². The van der Waals surface area contributed by atoms with Gasteiger partial charge in [-0.25, -0.2) is 0 Å². The smallest absolute Gasteiger partial charge is 0.439 e. The zero-order chi connectivity index (χ0) is 19.6. The molecule has 26 heavy (non-hydrogen) atoms. The minimum Gasteiger partial charge on any atom is -0.508 e. The van der Waals surface area contributed by atoms with Gasteiger partial charge < -0.3 is 15.7 Å². The SMILES string of the molecule is O=C(NC(Nc1ccc(O)cc1)(C(F)(F)F)C(F)(F)F)c1ccccc1. The topological polar surface area (TPSA) is 61.4 Å². The van der Waals surface area contributed by atoms with E-state index < -0.39 is 29.6 Å². The van der Waals surface area contributed by atoms with Crippen LogP contribution in [0.15, 0.2) is 54.6 Å². The van der Waals surface area contributed by atoms with Crippen molar-refractivity contribution < 1.29 is 36.2 Å². The Bertz CT molecular complexity index is 743. The summed E-state index contributed by atoms with van der Waals surface area (Å²) in [5.74, 6) is -1.92. The van der Waals surface area contributed by atoms with E-state index in [-0.39, 0.29) is 11.3 Å². The molecule has 2 aromatic rings. The monoisotopic (exact) mass is 378 g/mol. The lowest BCUT2D eigenvalue weighted by Crippen LogP contribution is -2.72. The quantitative estimate of drug-likeness (QED) is 0.427. The van der Waals surface area contributed by atoms with Crippen LogP contribution in [0.4, 0.5) is 32.0 Å². The number of amides is 1. The van der Waals surface area contributed by atoms with E-state index >= 15 is 0 Å². The highest BCUT2D eigenvalue weighted by Gasteiger charge is 2.72. The van der Waals surface area contributed by atoms with E-state index in [1.165, 1.54) is 23.5 Å². The molecular formula is C16H12F6N2O2. The number of halogens is 6. The van der Waals surface area contributed by atoms with Gasteiger partial charge in [0.15, 0.2) is 0 Å². The molecule has 2 rings (SSSR count). The summed E-state index contributed by atoms with van der Waals surface area (Å²) in [6, 6.07) is 9.63. The predicted octanol–water partition coefficient (Wildman–Crippen LogP) is 4.06. The Morgan fingerprint density at radius 1 is 0.808 bits per heavy atom. The molecule has 0 aromatic heterocycles. The largest absolute Gasteiger partial charge is 0.508 e. The lowest BCUT2D eigenvalue weighted by Gasteiger charge is -2.39. The maximum absolute atomic E-state index is 13.5. The van der Waals surface area contributed by atoms with Crippen molar-refractivity contribution in [1.29, 1.82) is 0 Å². The normalized spacial score (nSPS) is 12.5. The summed E-state index contributed by atoms with van der Waals surface area (Å²) in [6.45, 7) is 0. The first-order chi connectivity index (χ1) is 12.0. The first-order valence-corrected chi connectivity index (χ1v) is 7.04. The van der Waals surface area contributed by atoms with Gasteiger partial charge in [0.05, 0.1) is 0 Å². The molecule has 0 aliphatic carbocycles. The van der Waals surface area contributed by atoms with Crippen LogP contribution in [0.5, 0.6) is 5.75 Å². The maximum Gasteiger partial charge on any atom is 0.439 e. The molecular weight excluding hydrogens is 366 g/mol. The van der Waals surface area contributed by atoms with Gasteiger partial charge in [-0.1, -0.05) is 18.2 Å². The molecule has 140 valence electrons. The first kappa shape index (κ1) is 19.4. The second-order valence-electron chi connectivity index (χ2n) is 5.24. The maximum atomic E-state index is 13.5. The van der Waals surface area contributed by atoms with Crippen molar-refractivity contribution in [2.24, 2.45) is 0 Å². The first-order valence-electron chi connectivity index (χ1n) is 7.04. The van der Waals surface area contributed by atoms with Crippen LogP contribution < -0.4 is 10.6 Å². The Hall–Kier alpha value is -2.91. The van der Waals surface area contributed by atoms with Crippen LogP contribution >= 0.6 is 0 Å². The summed E-state index contributed by atoms with van der Waals surface area (Å²) in [5, 5.41) is 11.5. The number of hydrogen-bond acceptors (Lipinski definition) is 3. The Labute approximate surface area is 143 Å². The van der Waals surface area contributed by atoms with Crippen molar-refractivity contribution in [2.75, 3.05) is 5.32 Å². The summed E-state index contributed by atoms with van der Waals surface area (Å²) in [7, 11) is 0. The third kappa shape index (κ3) is 3.84. The van der Waals surface area contributed by atoms with Crippen LogP contribution in [0.2, 0.25) is 0 Å². The van der Waals surface area contributed by atoms with Crippen LogP contribution in [0, 0.1) is 0 Å². The fourth-order valence-corrected chi connectivity index (χ4v) is 2.07. The molecule has 3 N–H and O–H groups in total. The zero-order valence-electron chi connectivity index (χ0n) is 12.8. The van der Waals surface area contributed by atoms with E-state index in [1.807, 2.05) is 0 Å². The molecule has 0 radical (unpaired) electrons. The van der Waals surface area contributed by atoms with Gasteiger partial charge in [-0.3, -0.25) is 4.79 Å². The molecule has 10 heteroatoms.